The Morgan fingerprint density at radius 3 is 2.23 bits per heavy atom. The number of ether oxygens (including phenoxy) is 4. The van der Waals surface area contributed by atoms with Crippen LogP contribution in [-0.4, -0.2) is 50.6 Å². The number of cyclic esters (lactones) is 2. The first kappa shape index (κ1) is 20.2. The number of rotatable bonds is 6. The summed E-state index contributed by atoms with van der Waals surface area (Å²) in [6.07, 6.45) is 6.60. The molecule has 2 fully saturated rings. The fourth-order valence-corrected chi connectivity index (χ4v) is 4.94. The zero-order valence-electron chi connectivity index (χ0n) is 17.5. The highest BCUT2D eigenvalue weighted by atomic mass is 16.6. The van der Waals surface area contributed by atoms with Gasteiger partial charge in [0.15, 0.2) is 12.2 Å². The van der Waals surface area contributed by atoms with Crippen LogP contribution in [-0.2, 0) is 28.5 Å². The Balaban J connectivity index is 1.55. The van der Waals surface area contributed by atoms with Crippen molar-refractivity contribution >= 4 is 23.1 Å². The summed E-state index contributed by atoms with van der Waals surface area (Å²) in [7, 11) is 0. The first-order valence-electron chi connectivity index (χ1n) is 10.9. The van der Waals surface area contributed by atoms with E-state index in [4.69, 9.17) is 18.9 Å². The smallest absolute Gasteiger partial charge is 0.335 e. The minimum Gasteiger partial charge on any atom is -0.464 e. The summed E-state index contributed by atoms with van der Waals surface area (Å²) in [5.74, 6) is -0.155. The lowest BCUT2D eigenvalue weighted by atomic mass is 9.72. The average Bonchev–Trinajstić information content (AvgIpc) is 3.38. The highest BCUT2D eigenvalue weighted by molar-refractivity contribution is 5.79. The van der Waals surface area contributed by atoms with Crippen molar-refractivity contribution < 1.29 is 28.5 Å². The standard InChI is InChI=1S/C25H26O6/c1-15-5-4-8-18-19(13-30-21-9-11-28-24(21)26)16-6-2-3-7-17(16)20(23(15)18)14-31-22-10-12-29-25(22)27/h2-8,15,21-23H,9-14H2,1H3. The second-order valence-electron chi connectivity index (χ2n) is 8.40. The predicted molar refractivity (Wildman–Crippen MR) is 113 cm³/mol. The van der Waals surface area contributed by atoms with Crippen LogP contribution < -0.4 is 10.4 Å². The van der Waals surface area contributed by atoms with E-state index in [2.05, 4.69) is 37.3 Å². The van der Waals surface area contributed by atoms with Crippen LogP contribution >= 0.6 is 0 Å². The molecular weight excluding hydrogens is 396 g/mol. The van der Waals surface area contributed by atoms with E-state index in [0.29, 0.717) is 39.3 Å². The van der Waals surface area contributed by atoms with Crippen LogP contribution in [0.1, 0.15) is 19.8 Å². The Morgan fingerprint density at radius 2 is 1.58 bits per heavy atom. The minimum atomic E-state index is -0.502. The molecule has 0 aromatic heterocycles. The number of hydrogen-bond donors (Lipinski definition) is 0. The number of hydrogen-bond acceptors (Lipinski definition) is 6. The van der Waals surface area contributed by atoms with Gasteiger partial charge in [0.2, 0.25) is 0 Å². The second kappa shape index (κ2) is 8.44. The van der Waals surface area contributed by atoms with Gasteiger partial charge in [-0.15, -0.1) is 0 Å². The van der Waals surface area contributed by atoms with E-state index < -0.39 is 12.2 Å². The number of allylic oxidation sites excluding steroid dienone is 3. The molecule has 6 nitrogen and oxygen atoms in total. The molecule has 4 atom stereocenters. The van der Waals surface area contributed by atoms with Crippen LogP contribution in [0.3, 0.4) is 0 Å². The molecule has 0 radical (unpaired) electrons. The van der Waals surface area contributed by atoms with Crippen LogP contribution in [0.15, 0.2) is 48.1 Å². The van der Waals surface area contributed by atoms with Gasteiger partial charge in [-0.05, 0) is 33.1 Å². The van der Waals surface area contributed by atoms with Crippen molar-refractivity contribution in [3.63, 3.8) is 0 Å². The van der Waals surface area contributed by atoms with Crippen molar-refractivity contribution in [1.82, 2.24) is 0 Å². The fraction of sp³-hybridized carbons (Fsp3) is 0.440. The third-order valence-corrected chi connectivity index (χ3v) is 6.52. The topological polar surface area (TPSA) is 71.1 Å². The number of fused-ring (bicyclic) bond motifs is 2. The maximum absolute atomic E-state index is 11.9. The zero-order chi connectivity index (χ0) is 21.4. The molecule has 2 heterocycles. The summed E-state index contributed by atoms with van der Waals surface area (Å²) in [5.41, 5.74) is 3.45. The summed E-state index contributed by atoms with van der Waals surface area (Å²) in [6.45, 7) is 3.75. The number of carbonyl (C=O) groups is 2. The highest BCUT2D eigenvalue weighted by Crippen LogP contribution is 2.39. The molecule has 31 heavy (non-hydrogen) atoms. The predicted octanol–water partition coefficient (Wildman–Crippen LogP) is 1.41. The van der Waals surface area contributed by atoms with E-state index >= 15 is 0 Å². The Bertz CT molecular complexity index is 1080. The molecule has 0 N–H and O–H groups in total. The average molecular weight is 422 g/mol. The monoisotopic (exact) mass is 422 g/mol. The minimum absolute atomic E-state index is 0.131. The molecular formula is C25H26O6. The molecule has 6 heteroatoms. The number of benzene rings is 1. The molecule has 2 saturated heterocycles. The van der Waals surface area contributed by atoms with Crippen LogP contribution in [0.2, 0.25) is 0 Å². The quantitative estimate of drug-likeness (QED) is 0.646. The zero-order valence-corrected chi connectivity index (χ0v) is 17.5. The van der Waals surface area contributed by atoms with Crippen LogP contribution in [0.4, 0.5) is 0 Å². The number of carbonyl (C=O) groups excluding carboxylic acids is 2. The molecule has 2 aliphatic carbocycles. The molecule has 162 valence electrons. The van der Waals surface area contributed by atoms with Gasteiger partial charge in [0.25, 0.3) is 0 Å². The maximum Gasteiger partial charge on any atom is 0.335 e. The Morgan fingerprint density at radius 1 is 0.935 bits per heavy atom. The molecule has 1 aromatic carbocycles. The van der Waals surface area contributed by atoms with Crippen molar-refractivity contribution in [3.8, 4) is 0 Å². The lowest BCUT2D eigenvalue weighted by molar-refractivity contribution is -0.147. The van der Waals surface area contributed by atoms with Crippen molar-refractivity contribution in [1.29, 1.82) is 0 Å². The van der Waals surface area contributed by atoms with Gasteiger partial charge < -0.3 is 18.9 Å². The highest BCUT2D eigenvalue weighted by Gasteiger charge is 2.35. The van der Waals surface area contributed by atoms with Gasteiger partial charge in [0.1, 0.15) is 0 Å². The lowest BCUT2D eigenvalue weighted by Crippen LogP contribution is -2.42. The van der Waals surface area contributed by atoms with Gasteiger partial charge in [0.05, 0.1) is 26.4 Å². The first-order chi connectivity index (χ1) is 15.1. The van der Waals surface area contributed by atoms with E-state index in [-0.39, 0.29) is 23.8 Å². The van der Waals surface area contributed by atoms with Gasteiger partial charge in [-0.25, -0.2) is 9.59 Å². The fourth-order valence-electron chi connectivity index (χ4n) is 4.94. The van der Waals surface area contributed by atoms with E-state index in [1.54, 1.807) is 0 Å². The SMILES string of the molecule is CC1C=CC=C2C(COC3CCOC3=O)=c3ccccc3=C(COC3CCOC3=O)C21. The normalized spacial score (nSPS) is 29.4. The van der Waals surface area contributed by atoms with Gasteiger partial charge >= 0.3 is 11.9 Å². The molecule has 4 aliphatic rings. The molecule has 2 aliphatic heterocycles. The maximum atomic E-state index is 11.9. The van der Waals surface area contributed by atoms with E-state index in [1.807, 2.05) is 12.1 Å². The summed E-state index contributed by atoms with van der Waals surface area (Å²) in [6, 6.07) is 8.23. The van der Waals surface area contributed by atoms with Gasteiger partial charge in [-0.3, -0.25) is 0 Å². The molecule has 0 saturated carbocycles. The van der Waals surface area contributed by atoms with Crippen LogP contribution in [0.5, 0.6) is 0 Å². The van der Waals surface area contributed by atoms with Crippen LogP contribution in [0.25, 0.3) is 11.1 Å². The molecule has 0 spiro atoms. The van der Waals surface area contributed by atoms with Gasteiger partial charge in [-0.2, -0.15) is 0 Å². The second-order valence-corrected chi connectivity index (χ2v) is 8.40. The molecule has 5 rings (SSSR count). The van der Waals surface area contributed by atoms with Crippen molar-refractivity contribution in [2.75, 3.05) is 26.4 Å². The summed E-state index contributed by atoms with van der Waals surface area (Å²) < 4.78 is 22.1. The van der Waals surface area contributed by atoms with E-state index in [0.717, 1.165) is 16.0 Å². The molecule has 0 bridgehead atoms. The van der Waals surface area contributed by atoms with E-state index in [1.165, 1.54) is 11.1 Å². The summed E-state index contributed by atoms with van der Waals surface area (Å²) >= 11 is 0. The van der Waals surface area contributed by atoms with E-state index in [9.17, 15) is 9.59 Å². The third-order valence-electron chi connectivity index (χ3n) is 6.52. The third kappa shape index (κ3) is 3.75. The van der Waals surface area contributed by atoms with Gasteiger partial charge in [-0.1, -0.05) is 49.4 Å². The largest absolute Gasteiger partial charge is 0.464 e. The summed E-state index contributed by atoms with van der Waals surface area (Å²) in [5, 5.41) is 2.21. The van der Waals surface area contributed by atoms with Crippen molar-refractivity contribution in [2.24, 2.45) is 11.8 Å². The molecule has 1 aromatic rings. The first-order valence-corrected chi connectivity index (χ1v) is 10.9. The Labute approximate surface area is 180 Å². The van der Waals surface area contributed by atoms with Crippen molar-refractivity contribution in [3.05, 3.63) is 58.5 Å². The molecule has 4 unspecified atom stereocenters. The Hall–Kier alpha value is -2.70. The lowest BCUT2D eigenvalue weighted by Gasteiger charge is -2.34. The van der Waals surface area contributed by atoms with Gasteiger partial charge in [0, 0.05) is 18.8 Å². The van der Waals surface area contributed by atoms with Crippen LogP contribution in [0, 0.1) is 11.8 Å². The number of esters is 2. The Kier molecular flexibility index (Phi) is 5.50. The molecule has 0 amide bonds. The summed E-state index contributed by atoms with van der Waals surface area (Å²) in [4.78, 5) is 23.8. The van der Waals surface area contributed by atoms with Crippen molar-refractivity contribution in [2.45, 2.75) is 32.0 Å².